The molecule has 16 nitrogen and oxygen atoms in total. The van der Waals surface area contributed by atoms with E-state index in [0.717, 1.165) is 25.8 Å². The molecule has 0 atom stereocenters. The van der Waals surface area contributed by atoms with Crippen LogP contribution in [0, 0.1) is 0 Å². The number of esters is 3. The Balaban J connectivity index is 0.000000261. The first-order valence-corrected chi connectivity index (χ1v) is 33.1. The minimum absolute atomic E-state index is 0.0146. The Morgan fingerprint density at radius 3 is 1.29 bits per heavy atom. The molecule has 0 N–H and O–H groups in total. The summed E-state index contributed by atoms with van der Waals surface area (Å²) in [7, 11) is -16.3. The normalized spacial score (nSPS) is 12.1. The molecule has 0 aliphatic rings. The summed E-state index contributed by atoms with van der Waals surface area (Å²) >= 11 is 0. The minimum atomic E-state index is -6.99. The van der Waals surface area contributed by atoms with Gasteiger partial charge in [-0.05, 0) is 130 Å². The van der Waals surface area contributed by atoms with Gasteiger partial charge in [0.05, 0.1) is 50.5 Å². The Bertz CT molecular complexity index is 3520. The molecule has 0 fully saturated rings. The van der Waals surface area contributed by atoms with Crippen molar-refractivity contribution in [2.24, 2.45) is 0 Å². The fraction of sp³-hybridized carbons (Fsp3) is 0.254. The van der Waals surface area contributed by atoms with Crippen LogP contribution in [0.2, 0.25) is 0 Å². The third kappa shape index (κ3) is 22.9. The van der Waals surface area contributed by atoms with Gasteiger partial charge in [0.2, 0.25) is 0 Å². The molecule has 7 aromatic rings. The number of benzene rings is 6. The van der Waals surface area contributed by atoms with Gasteiger partial charge in [-0.3, -0.25) is 14.7 Å². The van der Waals surface area contributed by atoms with Crippen molar-refractivity contribution < 1.29 is 97.9 Å². The number of ether oxygens (including phenoxy) is 3. The van der Waals surface area contributed by atoms with E-state index < -0.39 is 77.9 Å². The van der Waals surface area contributed by atoms with E-state index in [1.54, 1.807) is 0 Å². The molecule has 0 saturated heterocycles. The van der Waals surface area contributed by atoms with Gasteiger partial charge in [0, 0.05) is 18.6 Å². The van der Waals surface area contributed by atoms with Crippen molar-refractivity contribution in [1.82, 2.24) is 9.88 Å². The fourth-order valence-corrected chi connectivity index (χ4v) is 13.9. The van der Waals surface area contributed by atoms with E-state index in [4.69, 9.17) is 4.74 Å². The van der Waals surface area contributed by atoms with Crippen LogP contribution in [0.5, 0.6) is 0 Å². The maximum Gasteiger partial charge on any atom is 0.461 e. The number of aromatic nitrogens is 1. The number of nitrogens with zero attached hydrogens (tertiary/aromatic N) is 3. The number of halogens is 9. The summed E-state index contributed by atoms with van der Waals surface area (Å²) in [5.74, 6) is -10.5. The molecule has 1 heterocycles. The zero-order valence-electron chi connectivity index (χ0n) is 47.3. The quantitative estimate of drug-likeness (QED) is 0.0137. The third-order valence-electron chi connectivity index (χ3n) is 11.3. The van der Waals surface area contributed by atoms with E-state index >= 15 is 0 Å². The number of unbranched alkanes of at least 4 members (excludes halogenated alkanes) is 1. The van der Waals surface area contributed by atoms with Gasteiger partial charge in [-0.1, -0.05) is 103 Å². The van der Waals surface area contributed by atoms with Gasteiger partial charge < -0.3 is 22.9 Å². The monoisotopic (exact) mass is 1350 g/mol. The van der Waals surface area contributed by atoms with Crippen LogP contribution in [0.15, 0.2) is 230 Å². The second kappa shape index (κ2) is 34.0. The van der Waals surface area contributed by atoms with Crippen molar-refractivity contribution in [2.45, 2.75) is 78.2 Å². The van der Waals surface area contributed by atoms with E-state index in [-0.39, 0.29) is 39.6 Å². The van der Waals surface area contributed by atoms with E-state index in [0.29, 0.717) is 13.2 Å². The summed E-state index contributed by atoms with van der Waals surface area (Å²) in [4.78, 5) is 47.4. The summed E-state index contributed by atoms with van der Waals surface area (Å²) in [5, 5.41) is -11.9. The minimum Gasteiger partial charge on any atom is -0.743 e. The number of likely N-dealkylation sites (N-methyl/N-ethyl adjacent to an activating group) is 1. The largest absolute Gasteiger partial charge is 0.743 e. The standard InChI is InChI=1S/C27H32NO2S.C18H15S.C10H9F2NO7S.C4H3F7NO4S2/c1-3-30-27(29)22-28(2)21-11-10-12-23-17-19-26(20-18-23)31(24-13-6-4-7-14-24)25-15-8-5-9-16-25;1-4-10-16(11-5-1)19(17-12-6-2-7-13-17)18-14-8-3-9-15-18;11-10(12,21(16,17)18)9(15)20-6-5-19-8(14)7-1-3-13-4-2-7;1-17(13,14)12-18(15,16)4(10,11)2(5,6)3(7,8)9/h4-9,13-20H,3,10-12,21-22H2,1-2H3;1-15H;1-4H,5-6H2,(H,16,17,18);1H3/q2*+1;;-1/p-1. The smallest absolute Gasteiger partial charge is 0.461 e. The number of hydrogen-bond donors (Lipinski definition) is 0. The predicted octanol–water partition coefficient (Wildman–Crippen LogP) is 11.7. The lowest BCUT2D eigenvalue weighted by Crippen LogP contribution is -2.55. The molecule has 7 rings (SSSR count). The van der Waals surface area contributed by atoms with Gasteiger partial charge in [-0.25, -0.2) is 34.8 Å². The maximum absolute atomic E-state index is 12.7. The number of hydrogen-bond acceptors (Lipinski definition) is 15. The maximum atomic E-state index is 12.7. The Morgan fingerprint density at radius 2 is 0.933 bits per heavy atom. The number of pyridine rings is 1. The van der Waals surface area contributed by atoms with Crippen molar-refractivity contribution in [2.75, 3.05) is 46.2 Å². The van der Waals surface area contributed by atoms with Crippen molar-refractivity contribution in [3.63, 3.8) is 0 Å². The number of carbonyl (C=O) groups excluding carboxylic acids is 3. The van der Waals surface area contributed by atoms with Gasteiger partial charge in [-0.15, -0.1) is 0 Å². The summed E-state index contributed by atoms with van der Waals surface area (Å²) < 4.78 is 197. The Morgan fingerprint density at radius 1 is 0.551 bits per heavy atom. The summed E-state index contributed by atoms with van der Waals surface area (Å²) in [6, 6.07) is 65.4. The Hall–Kier alpha value is -7.32. The summed E-state index contributed by atoms with van der Waals surface area (Å²) in [6.45, 7) is 2.12. The highest BCUT2D eigenvalue weighted by atomic mass is 32.3. The molecule has 30 heteroatoms. The van der Waals surface area contributed by atoms with Crippen molar-refractivity contribution in [3.05, 3.63) is 216 Å². The number of rotatable bonds is 24. The highest BCUT2D eigenvalue weighted by Crippen LogP contribution is 2.50. The van der Waals surface area contributed by atoms with E-state index in [2.05, 4.69) is 190 Å². The van der Waals surface area contributed by atoms with Crippen molar-refractivity contribution in [3.8, 4) is 0 Å². The first-order valence-electron chi connectivity index (χ1n) is 26.0. The van der Waals surface area contributed by atoms with Crippen LogP contribution in [-0.4, -0.2) is 126 Å². The molecule has 480 valence electrons. The van der Waals surface area contributed by atoms with Crippen LogP contribution in [0.1, 0.15) is 35.7 Å². The topological polar surface area (TPSA) is 235 Å². The van der Waals surface area contributed by atoms with Gasteiger partial charge in [0.1, 0.15) is 13.2 Å². The average Bonchev–Trinajstić information content (AvgIpc) is 0.843. The van der Waals surface area contributed by atoms with Gasteiger partial charge in [0.15, 0.2) is 49.5 Å². The van der Waals surface area contributed by atoms with E-state index in [9.17, 15) is 83.7 Å². The summed E-state index contributed by atoms with van der Waals surface area (Å²) in [5.41, 5.74) is 1.49. The molecule has 89 heavy (non-hydrogen) atoms. The second-order valence-electron chi connectivity index (χ2n) is 18.2. The lowest BCUT2D eigenvalue weighted by Gasteiger charge is -2.32. The molecule has 1 aromatic heterocycles. The molecule has 6 aromatic carbocycles. The molecule has 0 saturated carbocycles. The number of alkyl halides is 9. The van der Waals surface area contributed by atoms with E-state index in [1.807, 2.05) is 18.9 Å². The van der Waals surface area contributed by atoms with Gasteiger partial charge in [-0.2, -0.15) is 39.5 Å². The van der Waals surface area contributed by atoms with Crippen LogP contribution < -0.4 is 0 Å². The Kier molecular flexibility index (Phi) is 28.4. The van der Waals surface area contributed by atoms with Crippen molar-refractivity contribution >= 4 is 69.9 Å². The third-order valence-corrected chi connectivity index (χ3v) is 19.3. The SMILES string of the molecule is CCOC(=O)CN(C)CCCCc1ccc([S+](c2ccccc2)c2ccccc2)cc1.CS(=O)(=O)[N-]S(=O)(=O)C(F)(F)C(F)(F)C(F)(F)F.O=C(OCCOC(=O)C(F)(F)S(=O)(=O)[O-])c1ccncc1.c1ccc([S+](c2ccccc2)c2ccccc2)cc1. The number of carbonyl (C=O) groups is 3. The Labute approximate surface area is 515 Å². The molecule has 0 amide bonds. The molecule has 0 bridgehead atoms. The fourth-order valence-electron chi connectivity index (χ4n) is 7.19. The number of aryl methyl sites for hydroxylation is 1. The van der Waals surface area contributed by atoms with Crippen LogP contribution in [0.4, 0.5) is 39.5 Å². The van der Waals surface area contributed by atoms with Crippen molar-refractivity contribution in [1.29, 1.82) is 0 Å². The van der Waals surface area contributed by atoms with Crippen LogP contribution in [-0.2, 0) is 82.2 Å². The molecule has 0 aliphatic carbocycles. The first-order chi connectivity index (χ1) is 41.7. The molecule has 0 unspecified atom stereocenters. The van der Waals surface area contributed by atoms with Crippen LogP contribution in [0.3, 0.4) is 0 Å². The van der Waals surface area contributed by atoms with Crippen LogP contribution in [0.25, 0.3) is 4.13 Å². The molecule has 0 aliphatic heterocycles. The average molecular weight is 1350 g/mol. The lowest BCUT2D eigenvalue weighted by molar-refractivity contribution is -0.331. The first kappa shape index (κ1) is 74.1. The van der Waals surface area contributed by atoms with E-state index in [1.165, 1.54) is 63.6 Å². The molecular weight excluding hydrogens is 1290 g/mol. The molecular formula is C59H58F9N3O13S5. The zero-order chi connectivity index (χ0) is 66.1. The molecule has 0 radical (unpaired) electrons. The van der Waals surface area contributed by atoms with Gasteiger partial charge in [0.25, 0.3) is 0 Å². The summed E-state index contributed by atoms with van der Waals surface area (Å²) in [6.07, 6.45) is -1.13. The highest BCUT2D eigenvalue weighted by molar-refractivity contribution is 8.12. The van der Waals surface area contributed by atoms with Gasteiger partial charge >= 0.3 is 40.5 Å². The second-order valence-corrected chi connectivity index (χ2v) is 27.2. The lowest BCUT2D eigenvalue weighted by atomic mass is 10.1. The zero-order valence-corrected chi connectivity index (χ0v) is 51.4. The predicted molar refractivity (Wildman–Crippen MR) is 313 cm³/mol. The molecule has 0 spiro atoms. The van der Waals surface area contributed by atoms with Crippen LogP contribution >= 0.6 is 0 Å². The number of sulfonamides is 2. The highest BCUT2D eigenvalue weighted by Gasteiger charge is 2.76.